The van der Waals surface area contributed by atoms with Crippen molar-refractivity contribution < 1.29 is 5.11 Å². The van der Waals surface area contributed by atoms with Gasteiger partial charge in [-0.15, -0.1) is 0 Å². The lowest BCUT2D eigenvalue weighted by Crippen LogP contribution is -2.47. The summed E-state index contributed by atoms with van der Waals surface area (Å²) in [6, 6.07) is 21.8. The number of benzene rings is 2. The third-order valence-corrected chi connectivity index (χ3v) is 5.21. The van der Waals surface area contributed by atoms with E-state index < -0.39 is 0 Å². The molecule has 6 heteroatoms. The first-order valence-corrected chi connectivity index (χ1v) is 9.47. The highest BCUT2D eigenvalue weighted by atomic mass is 16.3. The van der Waals surface area contributed by atoms with Gasteiger partial charge in [0.1, 0.15) is 11.6 Å². The SMILES string of the molecule is Oc1cccc(N2CCN(c3cc(-c4ccccc4)nc4ccnn34)CC2)c1. The van der Waals surface area contributed by atoms with Crippen molar-refractivity contribution in [1.29, 1.82) is 0 Å². The van der Waals surface area contributed by atoms with Crippen LogP contribution in [0, 0.1) is 0 Å². The maximum Gasteiger partial charge on any atom is 0.157 e. The first kappa shape index (κ1) is 16.6. The van der Waals surface area contributed by atoms with Gasteiger partial charge in [-0.05, 0) is 12.1 Å². The lowest BCUT2D eigenvalue weighted by atomic mass is 10.1. The molecule has 28 heavy (non-hydrogen) atoms. The highest BCUT2D eigenvalue weighted by Gasteiger charge is 2.21. The van der Waals surface area contributed by atoms with Crippen LogP contribution >= 0.6 is 0 Å². The Morgan fingerprint density at radius 1 is 0.786 bits per heavy atom. The summed E-state index contributed by atoms with van der Waals surface area (Å²) < 4.78 is 1.91. The summed E-state index contributed by atoms with van der Waals surface area (Å²) in [5, 5.41) is 14.2. The number of hydrogen-bond donors (Lipinski definition) is 1. The molecule has 0 aliphatic carbocycles. The second-order valence-electron chi connectivity index (χ2n) is 6.96. The van der Waals surface area contributed by atoms with Gasteiger partial charge in [0.2, 0.25) is 0 Å². The van der Waals surface area contributed by atoms with Gasteiger partial charge in [0, 0.05) is 55.6 Å². The number of phenolic OH excluding ortho intramolecular Hbond substituents is 1. The Labute approximate surface area is 163 Å². The number of rotatable bonds is 3. The smallest absolute Gasteiger partial charge is 0.157 e. The number of fused-ring (bicyclic) bond motifs is 1. The third kappa shape index (κ3) is 3.03. The average Bonchev–Trinajstić information content (AvgIpc) is 3.23. The molecule has 140 valence electrons. The maximum absolute atomic E-state index is 9.75. The van der Waals surface area contributed by atoms with E-state index in [1.807, 2.05) is 47.0 Å². The summed E-state index contributed by atoms with van der Waals surface area (Å²) in [4.78, 5) is 9.42. The molecule has 0 radical (unpaired) electrons. The summed E-state index contributed by atoms with van der Waals surface area (Å²) in [7, 11) is 0. The van der Waals surface area contributed by atoms with Crippen LogP contribution in [0.3, 0.4) is 0 Å². The first-order chi connectivity index (χ1) is 13.8. The second-order valence-corrected chi connectivity index (χ2v) is 6.96. The number of aromatic nitrogens is 3. The van der Waals surface area contributed by atoms with Crippen molar-refractivity contribution in [2.45, 2.75) is 0 Å². The van der Waals surface area contributed by atoms with Crippen LogP contribution in [0.5, 0.6) is 5.75 Å². The van der Waals surface area contributed by atoms with E-state index >= 15 is 0 Å². The van der Waals surface area contributed by atoms with Crippen LogP contribution in [0.2, 0.25) is 0 Å². The number of piperazine rings is 1. The minimum atomic E-state index is 0.305. The van der Waals surface area contributed by atoms with Crippen molar-refractivity contribution in [3.8, 4) is 17.0 Å². The summed E-state index contributed by atoms with van der Waals surface area (Å²) in [6.45, 7) is 3.52. The first-order valence-electron chi connectivity index (χ1n) is 9.47. The van der Waals surface area contributed by atoms with E-state index in [1.165, 1.54) is 0 Å². The Kier molecular flexibility index (Phi) is 4.09. The topological polar surface area (TPSA) is 56.9 Å². The van der Waals surface area contributed by atoms with E-state index in [0.29, 0.717) is 5.75 Å². The van der Waals surface area contributed by atoms with Gasteiger partial charge in [-0.1, -0.05) is 36.4 Å². The van der Waals surface area contributed by atoms with Crippen molar-refractivity contribution in [3.05, 3.63) is 72.9 Å². The zero-order valence-electron chi connectivity index (χ0n) is 15.4. The van der Waals surface area contributed by atoms with Gasteiger partial charge in [-0.3, -0.25) is 0 Å². The molecule has 6 nitrogen and oxygen atoms in total. The molecule has 3 heterocycles. The average molecular weight is 371 g/mol. The van der Waals surface area contributed by atoms with Crippen LogP contribution in [0.1, 0.15) is 0 Å². The van der Waals surface area contributed by atoms with Gasteiger partial charge in [-0.25, -0.2) is 4.98 Å². The zero-order valence-corrected chi connectivity index (χ0v) is 15.4. The molecule has 1 fully saturated rings. The molecule has 0 unspecified atom stereocenters. The fraction of sp³-hybridized carbons (Fsp3) is 0.182. The molecule has 1 N–H and O–H groups in total. The number of phenols is 1. The lowest BCUT2D eigenvalue weighted by molar-refractivity contribution is 0.475. The molecule has 1 saturated heterocycles. The van der Waals surface area contributed by atoms with E-state index in [4.69, 9.17) is 4.98 Å². The molecule has 1 aliphatic heterocycles. The highest BCUT2D eigenvalue weighted by molar-refractivity contribution is 5.67. The predicted molar refractivity (Wildman–Crippen MR) is 111 cm³/mol. The van der Waals surface area contributed by atoms with Gasteiger partial charge in [0.25, 0.3) is 0 Å². The molecule has 0 spiro atoms. The van der Waals surface area contributed by atoms with Crippen molar-refractivity contribution in [2.75, 3.05) is 36.0 Å². The highest BCUT2D eigenvalue weighted by Crippen LogP contribution is 2.27. The summed E-state index contributed by atoms with van der Waals surface area (Å²) in [5.41, 5.74) is 3.97. The van der Waals surface area contributed by atoms with E-state index in [0.717, 1.165) is 54.6 Å². The molecule has 1 aliphatic rings. The maximum atomic E-state index is 9.75. The minimum Gasteiger partial charge on any atom is -0.508 e. The normalized spacial score (nSPS) is 14.6. The van der Waals surface area contributed by atoms with Crippen LogP contribution in [0.15, 0.2) is 72.9 Å². The van der Waals surface area contributed by atoms with Gasteiger partial charge in [-0.2, -0.15) is 9.61 Å². The molecule has 4 aromatic rings. The van der Waals surface area contributed by atoms with Gasteiger partial charge >= 0.3 is 0 Å². The fourth-order valence-corrected chi connectivity index (χ4v) is 3.76. The Hall–Kier alpha value is -3.54. The lowest BCUT2D eigenvalue weighted by Gasteiger charge is -2.37. The molecule has 0 bridgehead atoms. The van der Waals surface area contributed by atoms with E-state index in [9.17, 15) is 5.11 Å². The molecule has 2 aromatic heterocycles. The summed E-state index contributed by atoms with van der Waals surface area (Å²) >= 11 is 0. The number of nitrogens with zero attached hydrogens (tertiary/aromatic N) is 5. The van der Waals surface area contributed by atoms with Gasteiger partial charge in [0.05, 0.1) is 11.9 Å². The van der Waals surface area contributed by atoms with Gasteiger partial charge < -0.3 is 14.9 Å². The Morgan fingerprint density at radius 3 is 2.36 bits per heavy atom. The predicted octanol–water partition coefficient (Wildman–Crippen LogP) is 3.43. The van der Waals surface area contributed by atoms with Crippen LogP contribution in [0.25, 0.3) is 16.9 Å². The van der Waals surface area contributed by atoms with Crippen LogP contribution < -0.4 is 9.80 Å². The fourth-order valence-electron chi connectivity index (χ4n) is 3.76. The number of anilines is 2. The molecular weight excluding hydrogens is 350 g/mol. The number of aromatic hydroxyl groups is 1. The molecule has 0 saturated carbocycles. The van der Waals surface area contributed by atoms with E-state index in [-0.39, 0.29) is 0 Å². The third-order valence-electron chi connectivity index (χ3n) is 5.21. The Morgan fingerprint density at radius 2 is 1.57 bits per heavy atom. The standard InChI is InChI=1S/C22H21N5O/c28-19-8-4-7-18(15-19)25-11-13-26(14-12-25)22-16-20(17-5-2-1-3-6-17)24-21-9-10-23-27(21)22/h1-10,15-16,28H,11-14H2. The van der Waals surface area contributed by atoms with Crippen LogP contribution in [0.4, 0.5) is 11.5 Å². The summed E-state index contributed by atoms with van der Waals surface area (Å²) in [5.74, 6) is 1.37. The molecule has 2 aromatic carbocycles. The quantitative estimate of drug-likeness (QED) is 0.598. The van der Waals surface area contributed by atoms with Crippen molar-refractivity contribution in [1.82, 2.24) is 14.6 Å². The van der Waals surface area contributed by atoms with E-state index in [2.05, 4.69) is 33.1 Å². The van der Waals surface area contributed by atoms with Crippen molar-refractivity contribution in [2.24, 2.45) is 0 Å². The zero-order chi connectivity index (χ0) is 18.9. The van der Waals surface area contributed by atoms with Crippen LogP contribution in [-0.2, 0) is 0 Å². The van der Waals surface area contributed by atoms with Gasteiger partial charge in [0.15, 0.2) is 5.65 Å². The molecular formula is C22H21N5O. The largest absolute Gasteiger partial charge is 0.508 e. The number of hydrogen-bond acceptors (Lipinski definition) is 5. The van der Waals surface area contributed by atoms with Crippen molar-refractivity contribution >= 4 is 17.2 Å². The monoisotopic (exact) mass is 371 g/mol. The Balaban J connectivity index is 1.44. The molecule has 0 atom stereocenters. The van der Waals surface area contributed by atoms with Crippen molar-refractivity contribution in [3.63, 3.8) is 0 Å². The second kappa shape index (κ2) is 6.88. The minimum absolute atomic E-state index is 0.305. The Bertz CT molecular complexity index is 1100. The van der Waals surface area contributed by atoms with Crippen LogP contribution in [-0.4, -0.2) is 45.9 Å². The molecule has 5 rings (SSSR count). The summed E-state index contributed by atoms with van der Waals surface area (Å²) in [6.07, 6.45) is 1.80. The van der Waals surface area contributed by atoms with E-state index in [1.54, 1.807) is 12.3 Å². The molecule has 0 amide bonds.